The third-order valence-corrected chi connectivity index (χ3v) is 10.0. The first-order chi connectivity index (χ1) is 16.0. The monoisotopic (exact) mass is 474 g/mol. The maximum Gasteiger partial charge on any atom is 0.0811 e. The minimum atomic E-state index is -0.645. The van der Waals surface area contributed by atoms with Gasteiger partial charge in [-0.25, -0.2) is 0 Å². The van der Waals surface area contributed by atoms with E-state index >= 15 is 0 Å². The molecule has 3 rings (SSSR count). The van der Waals surface area contributed by atoms with E-state index in [0.29, 0.717) is 24.7 Å². The predicted octanol–water partition coefficient (Wildman–Crippen LogP) is 5.85. The van der Waals surface area contributed by atoms with Crippen molar-refractivity contribution in [3.05, 3.63) is 35.5 Å². The molecule has 3 aliphatic carbocycles. The Morgan fingerprint density at radius 1 is 1.18 bits per heavy atom. The number of fused-ring (bicyclic) bond motifs is 1. The van der Waals surface area contributed by atoms with Crippen LogP contribution in [0.2, 0.25) is 0 Å². The minimum absolute atomic E-state index is 0.208. The van der Waals surface area contributed by atoms with E-state index < -0.39 is 17.8 Å². The fraction of sp³-hybridized carbons (Fsp3) is 0.800. The largest absolute Gasteiger partial charge is 0.393 e. The smallest absolute Gasteiger partial charge is 0.0811 e. The van der Waals surface area contributed by atoms with Gasteiger partial charge in [0.15, 0.2) is 0 Å². The summed E-state index contributed by atoms with van der Waals surface area (Å²) < 4.78 is 0. The zero-order valence-corrected chi connectivity index (χ0v) is 22.1. The van der Waals surface area contributed by atoms with Crippen LogP contribution in [-0.4, -0.2) is 44.3 Å². The number of hydrogen-bond acceptors (Lipinski definition) is 4. The standard InChI is InChI=1S/C30H50O4/c1-6-30(34,7-2)17-9-11-27(32)21(4)25-14-15-26-22(10-8-16-29(25,26)5)12-13-23-18-24(31)19-28(33)20(23)3/h12-13,21,24-28,31-34H,3,6-11,14-19H2,1-2,4-5H3/b22-12+,23-13-/t21-,24+,25+,26-,27-,28-,29+/m0/s1. The molecule has 0 saturated heterocycles. The Morgan fingerprint density at radius 3 is 2.56 bits per heavy atom. The molecule has 0 bridgehead atoms. The summed E-state index contributed by atoms with van der Waals surface area (Å²) in [5, 5.41) is 41.9. The van der Waals surface area contributed by atoms with Gasteiger partial charge < -0.3 is 20.4 Å². The van der Waals surface area contributed by atoms with Crippen LogP contribution in [0.1, 0.15) is 105 Å². The first-order valence-electron chi connectivity index (χ1n) is 13.9. The van der Waals surface area contributed by atoms with E-state index in [9.17, 15) is 20.4 Å². The van der Waals surface area contributed by atoms with E-state index in [4.69, 9.17) is 0 Å². The van der Waals surface area contributed by atoms with Crippen LogP contribution in [0.4, 0.5) is 0 Å². The molecule has 0 aromatic rings. The molecule has 4 N–H and O–H groups in total. The highest BCUT2D eigenvalue weighted by Gasteiger charge is 2.51. The molecule has 0 aliphatic heterocycles. The Hall–Kier alpha value is -0.940. The van der Waals surface area contributed by atoms with Crippen molar-refractivity contribution in [2.45, 2.75) is 129 Å². The molecule has 0 heterocycles. The Kier molecular flexibility index (Phi) is 9.28. The minimum Gasteiger partial charge on any atom is -0.393 e. The first kappa shape index (κ1) is 27.6. The summed E-state index contributed by atoms with van der Waals surface area (Å²) in [6.45, 7) is 12.8. The zero-order chi connectivity index (χ0) is 25.1. The Labute approximate surface area is 207 Å². The van der Waals surface area contributed by atoms with Crippen LogP contribution >= 0.6 is 0 Å². The van der Waals surface area contributed by atoms with Crippen molar-refractivity contribution in [2.24, 2.45) is 23.2 Å². The molecule has 194 valence electrons. The van der Waals surface area contributed by atoms with E-state index in [1.54, 1.807) is 0 Å². The molecule has 7 atom stereocenters. The molecular weight excluding hydrogens is 424 g/mol. The van der Waals surface area contributed by atoms with Crippen LogP contribution in [0.15, 0.2) is 35.5 Å². The molecule has 0 aromatic carbocycles. The van der Waals surface area contributed by atoms with Gasteiger partial charge in [0, 0.05) is 6.42 Å². The van der Waals surface area contributed by atoms with Crippen LogP contribution < -0.4 is 0 Å². The van der Waals surface area contributed by atoms with Crippen LogP contribution in [0, 0.1) is 23.2 Å². The lowest BCUT2D eigenvalue weighted by Gasteiger charge is -2.45. The second-order valence-electron chi connectivity index (χ2n) is 11.9. The zero-order valence-electron chi connectivity index (χ0n) is 22.1. The molecule has 3 saturated carbocycles. The number of allylic oxidation sites excluding steroid dienone is 3. The quantitative estimate of drug-likeness (QED) is 0.338. The van der Waals surface area contributed by atoms with Crippen molar-refractivity contribution in [1.29, 1.82) is 0 Å². The molecule has 0 aromatic heterocycles. The fourth-order valence-electron chi connectivity index (χ4n) is 7.38. The molecule has 4 nitrogen and oxygen atoms in total. The van der Waals surface area contributed by atoms with Gasteiger partial charge in [-0.2, -0.15) is 0 Å². The first-order valence-corrected chi connectivity index (χ1v) is 13.9. The summed E-state index contributed by atoms with van der Waals surface area (Å²) in [4.78, 5) is 0. The normalized spacial score (nSPS) is 36.6. The van der Waals surface area contributed by atoms with Crippen molar-refractivity contribution in [3.63, 3.8) is 0 Å². The number of rotatable bonds is 9. The molecule has 0 spiro atoms. The van der Waals surface area contributed by atoms with Gasteiger partial charge in [0.05, 0.1) is 23.9 Å². The van der Waals surface area contributed by atoms with Crippen LogP contribution in [-0.2, 0) is 0 Å². The number of aliphatic hydroxyl groups excluding tert-OH is 3. The predicted molar refractivity (Wildman–Crippen MR) is 139 cm³/mol. The topological polar surface area (TPSA) is 80.9 Å². The average Bonchev–Trinajstić information content (AvgIpc) is 3.17. The average molecular weight is 475 g/mol. The lowest BCUT2D eigenvalue weighted by molar-refractivity contribution is -0.000322. The van der Waals surface area contributed by atoms with E-state index in [1.807, 2.05) is 13.8 Å². The highest BCUT2D eigenvalue weighted by atomic mass is 16.3. The molecule has 3 aliphatic rings. The number of aliphatic hydroxyl groups is 4. The summed E-state index contributed by atoms with van der Waals surface area (Å²) in [6, 6.07) is 0. The molecule has 3 fully saturated rings. The van der Waals surface area contributed by atoms with Crippen LogP contribution in [0.3, 0.4) is 0 Å². The third kappa shape index (κ3) is 5.88. The van der Waals surface area contributed by atoms with E-state index in [0.717, 1.165) is 56.1 Å². The van der Waals surface area contributed by atoms with E-state index in [-0.39, 0.29) is 17.4 Å². The molecule has 34 heavy (non-hydrogen) atoms. The highest BCUT2D eigenvalue weighted by Crippen LogP contribution is 2.60. The van der Waals surface area contributed by atoms with Crippen molar-refractivity contribution in [2.75, 3.05) is 0 Å². The van der Waals surface area contributed by atoms with Crippen LogP contribution in [0.25, 0.3) is 0 Å². The Balaban J connectivity index is 1.67. The van der Waals surface area contributed by atoms with Crippen molar-refractivity contribution in [1.82, 2.24) is 0 Å². The highest BCUT2D eigenvalue weighted by molar-refractivity contribution is 5.38. The summed E-state index contributed by atoms with van der Waals surface area (Å²) in [5.74, 6) is 1.30. The van der Waals surface area contributed by atoms with Gasteiger partial charge >= 0.3 is 0 Å². The van der Waals surface area contributed by atoms with Crippen LogP contribution in [0.5, 0.6) is 0 Å². The molecule has 0 unspecified atom stereocenters. The Morgan fingerprint density at radius 2 is 1.88 bits per heavy atom. The third-order valence-electron chi connectivity index (χ3n) is 10.0. The van der Waals surface area contributed by atoms with Crippen molar-refractivity contribution < 1.29 is 20.4 Å². The fourth-order valence-corrected chi connectivity index (χ4v) is 7.38. The van der Waals surface area contributed by atoms with Gasteiger partial charge in [0.1, 0.15) is 0 Å². The summed E-state index contributed by atoms with van der Waals surface area (Å²) in [7, 11) is 0. The van der Waals surface area contributed by atoms with Crippen molar-refractivity contribution >= 4 is 0 Å². The second-order valence-corrected chi connectivity index (χ2v) is 11.9. The maximum atomic E-state index is 11.1. The lowest BCUT2D eigenvalue weighted by Crippen LogP contribution is -2.39. The lowest BCUT2D eigenvalue weighted by atomic mass is 9.60. The Bertz CT molecular complexity index is 764. The van der Waals surface area contributed by atoms with Gasteiger partial charge in [-0.15, -0.1) is 0 Å². The van der Waals surface area contributed by atoms with Gasteiger partial charge in [-0.05, 0) is 105 Å². The maximum absolute atomic E-state index is 11.1. The molecular formula is C30H50O4. The number of hydrogen-bond donors (Lipinski definition) is 4. The van der Waals surface area contributed by atoms with E-state index in [1.165, 1.54) is 24.8 Å². The molecule has 0 amide bonds. The summed E-state index contributed by atoms with van der Waals surface area (Å²) >= 11 is 0. The van der Waals surface area contributed by atoms with Gasteiger partial charge in [0.2, 0.25) is 0 Å². The van der Waals surface area contributed by atoms with E-state index in [2.05, 4.69) is 32.6 Å². The van der Waals surface area contributed by atoms with Gasteiger partial charge in [0.25, 0.3) is 0 Å². The van der Waals surface area contributed by atoms with Crippen molar-refractivity contribution in [3.8, 4) is 0 Å². The van der Waals surface area contributed by atoms with Gasteiger partial charge in [-0.1, -0.05) is 52.0 Å². The SMILES string of the molecule is C=C1/C(=C\C=C2/CCC[C@]3(C)[C@@H]([C@H](C)[C@@H](O)CCCC(O)(CC)CC)CC[C@@H]23)C[C@@H](O)C[C@@H]1O. The molecule has 4 heteroatoms. The van der Waals surface area contributed by atoms with Gasteiger partial charge in [-0.3, -0.25) is 0 Å². The second kappa shape index (κ2) is 11.4. The summed E-state index contributed by atoms with van der Waals surface area (Å²) in [6.07, 6.45) is 13.6. The molecule has 0 radical (unpaired) electrons. The summed E-state index contributed by atoms with van der Waals surface area (Å²) in [5.41, 5.74) is 2.84.